The Hall–Kier alpha value is -6.33. The van der Waals surface area contributed by atoms with Gasteiger partial charge in [0.2, 0.25) is 0 Å². The van der Waals surface area contributed by atoms with Crippen LogP contribution in [-0.2, 0) is 49.9 Å². The molecule has 0 amide bonds. The van der Waals surface area contributed by atoms with E-state index in [1.807, 2.05) is 0 Å². The van der Waals surface area contributed by atoms with Gasteiger partial charge >= 0.3 is 12.3 Å². The number of anilines is 1. The van der Waals surface area contributed by atoms with Crippen LogP contribution in [-0.4, -0.2) is 103 Å². The summed E-state index contributed by atoms with van der Waals surface area (Å²) in [6.45, 7) is 10.8. The Morgan fingerprint density at radius 3 is 1.76 bits per heavy atom. The zero-order valence-corrected chi connectivity index (χ0v) is 39.0. The molecule has 0 saturated heterocycles. The molecular weight excluding hydrogens is 955 g/mol. The fraction of sp³-hybridized carbons (Fsp3) is 0.256. The average molecular weight is 994 g/mol. The van der Waals surface area contributed by atoms with Gasteiger partial charge in [-0.05, 0) is 84.4 Å². The molecule has 0 aliphatic heterocycles. The fourth-order valence-electron chi connectivity index (χ4n) is 6.34. The van der Waals surface area contributed by atoms with E-state index in [0.29, 0.717) is 12.1 Å². The van der Waals surface area contributed by atoms with Crippen LogP contribution < -0.4 is 14.5 Å². The summed E-state index contributed by atoms with van der Waals surface area (Å²) in [5.41, 5.74) is -3.43. The number of fused-ring (bicyclic) bond motifs is 4. The Kier molecular flexibility index (Phi) is 12.5. The highest BCUT2D eigenvalue weighted by Crippen LogP contribution is 2.40. The molecule has 1 aromatic heterocycles. The zero-order chi connectivity index (χ0) is 49.3. The summed E-state index contributed by atoms with van der Waals surface area (Å²) >= 11 is 0. The van der Waals surface area contributed by atoms with E-state index in [0.717, 1.165) is 34.1 Å². The summed E-state index contributed by atoms with van der Waals surface area (Å²) in [7, 11) is -19.1. The van der Waals surface area contributed by atoms with Crippen molar-refractivity contribution in [2.75, 3.05) is 12.1 Å². The third kappa shape index (κ3) is 10.7. The molecule has 352 valence electrons. The quantitative estimate of drug-likeness (QED) is 0.0569. The maximum absolute atomic E-state index is 13.3. The molecule has 0 saturated carbocycles. The van der Waals surface area contributed by atoms with Crippen molar-refractivity contribution in [3.63, 3.8) is 0 Å². The molecule has 4 N–H and O–H groups in total. The van der Waals surface area contributed by atoms with Crippen LogP contribution in [0.15, 0.2) is 90.9 Å². The summed E-state index contributed by atoms with van der Waals surface area (Å²) in [5.74, 6) is -0.891. The first-order chi connectivity index (χ1) is 30.1. The van der Waals surface area contributed by atoms with Gasteiger partial charge in [0.05, 0.1) is 15.5 Å². The molecule has 0 radical (unpaired) electrons. The topological polar surface area (TPSA) is 335 Å². The number of hydrogen-bond acceptors (Lipinski definition) is 18. The lowest BCUT2D eigenvalue weighted by molar-refractivity contribution is 0.0186. The van der Waals surface area contributed by atoms with Gasteiger partial charge < -0.3 is 18.9 Å². The number of benzene rings is 4. The standard InChI is InChI=1S/C39H39N5O18S4/c1-9-20-10-11-23-25(14-21(63(47,48)49)16-32(23)65(53,54)55)34(20)41-43(8)28-18-31(60-37(46)62-39(5,6)7)29(19-30(28)59-36(45)61-38(2,3)4)44-40-27-13-12-24-26(35(27)42-44)15-22(64(50,51)52)17-33(24)66(56,57)58/h9-19H,1-8H3,(H,47,48,49)(H,50,51,52)(H,53,54,55)(H,56,57,58)/b20-9?,41-34+. The van der Waals surface area contributed by atoms with Crippen LogP contribution in [0.4, 0.5) is 15.3 Å². The molecule has 1 aliphatic rings. The molecule has 4 aromatic carbocycles. The maximum Gasteiger partial charge on any atom is 0.514 e. The molecule has 23 nitrogen and oxygen atoms in total. The summed E-state index contributed by atoms with van der Waals surface area (Å²) in [5, 5.41) is 13.9. The Morgan fingerprint density at radius 1 is 0.682 bits per heavy atom. The van der Waals surface area contributed by atoms with Crippen LogP contribution in [0.25, 0.3) is 33.6 Å². The lowest BCUT2D eigenvalue weighted by Gasteiger charge is -2.25. The fourth-order valence-corrected chi connectivity index (χ4v) is 9.02. The van der Waals surface area contributed by atoms with Gasteiger partial charge in [0.25, 0.3) is 40.5 Å². The number of hydrazone groups is 1. The number of carbonyl (C=O) groups excluding carboxylic acids is 2. The molecule has 0 spiro atoms. The number of aromatic nitrogens is 3. The predicted molar refractivity (Wildman–Crippen MR) is 234 cm³/mol. The van der Waals surface area contributed by atoms with Gasteiger partial charge in [-0.2, -0.15) is 38.8 Å². The van der Waals surface area contributed by atoms with Crippen LogP contribution in [0.3, 0.4) is 0 Å². The highest BCUT2D eigenvalue weighted by molar-refractivity contribution is 7.87. The number of rotatable bonds is 9. The number of hydrogen-bond donors (Lipinski definition) is 4. The van der Waals surface area contributed by atoms with Crippen molar-refractivity contribution in [2.24, 2.45) is 5.10 Å². The second kappa shape index (κ2) is 16.8. The Labute approximate surface area is 376 Å². The molecule has 0 bridgehead atoms. The number of ether oxygens (including phenoxy) is 4. The molecule has 0 atom stereocenters. The van der Waals surface area contributed by atoms with Gasteiger partial charge in [0, 0.05) is 41.1 Å². The molecule has 6 rings (SSSR count). The van der Waals surface area contributed by atoms with Gasteiger partial charge in [-0.1, -0.05) is 24.3 Å². The minimum atomic E-state index is -5.13. The lowest BCUT2D eigenvalue weighted by atomic mass is 9.91. The van der Waals surface area contributed by atoms with Crippen LogP contribution >= 0.6 is 0 Å². The van der Waals surface area contributed by atoms with E-state index in [4.69, 9.17) is 18.9 Å². The second-order valence-corrected chi connectivity index (χ2v) is 21.8. The van der Waals surface area contributed by atoms with E-state index >= 15 is 0 Å². The van der Waals surface area contributed by atoms with Crippen LogP contribution in [0.5, 0.6) is 11.5 Å². The Morgan fingerprint density at radius 2 is 1.23 bits per heavy atom. The van der Waals surface area contributed by atoms with E-state index < -0.39 is 95.1 Å². The number of nitrogens with zero attached hydrogens (tertiary/aromatic N) is 5. The zero-order valence-electron chi connectivity index (χ0n) is 35.7. The van der Waals surface area contributed by atoms with E-state index in [1.165, 1.54) is 79.0 Å². The largest absolute Gasteiger partial charge is 0.514 e. The Balaban J connectivity index is 1.67. The molecule has 0 fully saturated rings. The predicted octanol–water partition coefficient (Wildman–Crippen LogP) is 6.00. The van der Waals surface area contributed by atoms with Crippen molar-refractivity contribution < 1.29 is 80.4 Å². The van der Waals surface area contributed by atoms with Crippen LogP contribution in [0.1, 0.15) is 59.6 Å². The van der Waals surface area contributed by atoms with Crippen molar-refractivity contribution in [1.29, 1.82) is 0 Å². The van der Waals surface area contributed by atoms with Gasteiger partial charge in [-0.15, -0.1) is 15.0 Å². The minimum Gasteiger partial charge on any atom is -0.428 e. The molecule has 1 aliphatic carbocycles. The van der Waals surface area contributed by atoms with Crippen molar-refractivity contribution in [3.05, 3.63) is 77.4 Å². The monoisotopic (exact) mass is 993 g/mol. The van der Waals surface area contributed by atoms with Crippen molar-refractivity contribution in [2.45, 2.75) is 79.3 Å². The van der Waals surface area contributed by atoms with Crippen molar-refractivity contribution >= 4 is 92.1 Å². The number of carbonyl (C=O) groups is 2. The second-order valence-electron chi connectivity index (χ2n) is 16.2. The van der Waals surface area contributed by atoms with E-state index in [-0.39, 0.29) is 55.6 Å². The first-order valence-corrected chi connectivity index (χ1v) is 24.5. The van der Waals surface area contributed by atoms with E-state index in [2.05, 4.69) is 15.3 Å². The lowest BCUT2D eigenvalue weighted by Crippen LogP contribution is -2.27. The van der Waals surface area contributed by atoms with Gasteiger partial charge in [-0.25, -0.2) is 9.59 Å². The highest BCUT2D eigenvalue weighted by Gasteiger charge is 2.31. The molecule has 1 heterocycles. The summed E-state index contributed by atoms with van der Waals surface area (Å²) in [6.07, 6.45) is 1.58. The minimum absolute atomic E-state index is 0.0573. The number of allylic oxidation sites excluding steroid dienone is 3. The molecule has 66 heavy (non-hydrogen) atoms. The van der Waals surface area contributed by atoms with Crippen molar-refractivity contribution in [3.8, 4) is 17.2 Å². The summed E-state index contributed by atoms with van der Waals surface area (Å²) in [4.78, 5) is 23.8. The smallest absolute Gasteiger partial charge is 0.428 e. The maximum atomic E-state index is 13.3. The van der Waals surface area contributed by atoms with Gasteiger partial charge in [0.15, 0.2) is 11.5 Å². The molecule has 27 heteroatoms. The van der Waals surface area contributed by atoms with Crippen LogP contribution in [0, 0.1) is 0 Å². The summed E-state index contributed by atoms with van der Waals surface area (Å²) in [6, 6.07) is 7.47. The molecule has 0 unspecified atom stereocenters. The SMILES string of the molecule is CC=C1C=Cc2c(cc(S(=O)(=O)O)cc2S(=O)(=O)O)/C1=N/N(C)c1cc(OC(=O)OC(C)(C)C)c(-n2nc3ccc4c(S(=O)(=O)O)cc(S(=O)(=O)O)cc4c3n2)cc1OC(=O)OC(C)(C)C. The molecular formula is C39H39N5O18S4. The third-order valence-corrected chi connectivity index (χ3v) is 12.4. The highest BCUT2D eigenvalue weighted by atomic mass is 32.2. The summed E-state index contributed by atoms with van der Waals surface area (Å²) < 4.78 is 161. The average Bonchev–Trinajstić information content (AvgIpc) is 3.59. The first kappa shape index (κ1) is 49.1. The van der Waals surface area contributed by atoms with E-state index in [1.54, 1.807) is 6.92 Å². The van der Waals surface area contributed by atoms with Crippen molar-refractivity contribution in [1.82, 2.24) is 15.0 Å². The first-order valence-electron chi connectivity index (χ1n) is 18.7. The van der Waals surface area contributed by atoms with Crippen LogP contribution in [0.2, 0.25) is 0 Å². The Bertz CT molecular complexity index is 3460. The molecule has 5 aromatic rings. The van der Waals surface area contributed by atoms with E-state index in [9.17, 15) is 61.5 Å². The van der Waals surface area contributed by atoms with Gasteiger partial charge in [0.1, 0.15) is 43.4 Å². The van der Waals surface area contributed by atoms with Gasteiger partial charge in [-0.3, -0.25) is 23.2 Å². The normalized spacial score (nSPS) is 15.0. The third-order valence-electron chi connectivity index (χ3n) is 8.97.